The van der Waals surface area contributed by atoms with Crippen molar-refractivity contribution in [3.63, 3.8) is 0 Å². The van der Waals surface area contributed by atoms with Crippen LogP contribution in [0.4, 0.5) is 0 Å². The number of carbonyl (C=O) groups is 1. The Balaban J connectivity index is 2.77. The fraction of sp³-hybridized carbons (Fsp3) is 0.917. The Morgan fingerprint density at radius 2 is 2.27 bits per heavy atom. The molecule has 88 valence electrons. The van der Waals surface area contributed by atoms with Gasteiger partial charge in [-0.05, 0) is 31.7 Å². The van der Waals surface area contributed by atoms with E-state index in [0.29, 0.717) is 5.92 Å². The maximum Gasteiger partial charge on any atom is 0.326 e. The van der Waals surface area contributed by atoms with Gasteiger partial charge in [-0.1, -0.05) is 26.7 Å². The summed E-state index contributed by atoms with van der Waals surface area (Å²) in [5.74, 6) is 0.299. The summed E-state index contributed by atoms with van der Waals surface area (Å²) in [4.78, 5) is 11.9. The average Bonchev–Trinajstić information content (AvgIpc) is 2.27. The summed E-state index contributed by atoms with van der Waals surface area (Å²) in [5, 5.41) is 3.41. The summed E-state index contributed by atoms with van der Waals surface area (Å²) in [7, 11) is 1.49. The summed E-state index contributed by atoms with van der Waals surface area (Å²) >= 11 is 0. The Morgan fingerprint density at radius 1 is 1.53 bits per heavy atom. The first-order chi connectivity index (χ1) is 7.17. The summed E-state index contributed by atoms with van der Waals surface area (Å²) in [6.07, 6.45) is 5.43. The molecule has 15 heavy (non-hydrogen) atoms. The second kappa shape index (κ2) is 5.50. The van der Waals surface area contributed by atoms with Crippen LogP contribution in [0.5, 0.6) is 0 Å². The highest BCUT2D eigenvalue weighted by Crippen LogP contribution is 2.34. The van der Waals surface area contributed by atoms with Gasteiger partial charge >= 0.3 is 5.97 Å². The van der Waals surface area contributed by atoms with Crippen molar-refractivity contribution in [3.05, 3.63) is 0 Å². The van der Waals surface area contributed by atoms with E-state index < -0.39 is 5.54 Å². The first-order valence-corrected chi connectivity index (χ1v) is 6.00. The molecule has 1 aliphatic rings. The van der Waals surface area contributed by atoms with Crippen molar-refractivity contribution in [2.45, 2.75) is 51.5 Å². The molecule has 0 aliphatic heterocycles. The minimum atomic E-state index is -0.414. The van der Waals surface area contributed by atoms with E-state index in [1.807, 2.05) is 0 Å². The summed E-state index contributed by atoms with van der Waals surface area (Å²) in [5.41, 5.74) is -0.414. The molecule has 3 nitrogen and oxygen atoms in total. The number of hydrogen-bond donors (Lipinski definition) is 1. The smallest absolute Gasteiger partial charge is 0.326 e. The van der Waals surface area contributed by atoms with Gasteiger partial charge in [0, 0.05) is 0 Å². The van der Waals surface area contributed by atoms with E-state index in [1.54, 1.807) is 0 Å². The SMILES string of the molecule is CCCNC1(C(=O)OC)CCCCC1C. The van der Waals surface area contributed by atoms with Crippen molar-refractivity contribution in [1.82, 2.24) is 5.32 Å². The lowest BCUT2D eigenvalue weighted by Crippen LogP contribution is -2.58. The van der Waals surface area contributed by atoms with E-state index in [-0.39, 0.29) is 5.97 Å². The maximum atomic E-state index is 11.9. The minimum absolute atomic E-state index is 0.0804. The fourth-order valence-electron chi connectivity index (χ4n) is 2.52. The van der Waals surface area contributed by atoms with Crippen LogP contribution in [-0.4, -0.2) is 25.2 Å². The number of ether oxygens (including phenoxy) is 1. The molecule has 0 aromatic carbocycles. The van der Waals surface area contributed by atoms with E-state index in [0.717, 1.165) is 32.2 Å². The second-order valence-corrected chi connectivity index (χ2v) is 4.54. The highest BCUT2D eigenvalue weighted by Gasteiger charge is 2.45. The van der Waals surface area contributed by atoms with Gasteiger partial charge in [0.1, 0.15) is 5.54 Å². The van der Waals surface area contributed by atoms with Crippen molar-refractivity contribution in [3.8, 4) is 0 Å². The van der Waals surface area contributed by atoms with E-state index in [2.05, 4.69) is 19.2 Å². The number of esters is 1. The third-order valence-electron chi connectivity index (χ3n) is 3.54. The Kier molecular flexibility index (Phi) is 4.58. The third kappa shape index (κ3) is 2.51. The van der Waals surface area contributed by atoms with Crippen LogP contribution in [0.1, 0.15) is 46.0 Å². The first kappa shape index (κ1) is 12.5. The average molecular weight is 213 g/mol. The number of rotatable bonds is 4. The predicted octanol–water partition coefficient (Wildman–Crippen LogP) is 2.11. The number of nitrogens with one attached hydrogen (secondary N) is 1. The quantitative estimate of drug-likeness (QED) is 0.727. The highest BCUT2D eigenvalue weighted by molar-refractivity contribution is 5.81. The fourth-order valence-corrected chi connectivity index (χ4v) is 2.52. The van der Waals surface area contributed by atoms with Gasteiger partial charge in [-0.3, -0.25) is 4.79 Å². The second-order valence-electron chi connectivity index (χ2n) is 4.54. The number of methoxy groups -OCH3 is 1. The molecule has 1 N–H and O–H groups in total. The Morgan fingerprint density at radius 3 is 2.80 bits per heavy atom. The van der Waals surface area contributed by atoms with Crippen LogP contribution in [0.3, 0.4) is 0 Å². The molecule has 0 saturated heterocycles. The normalized spacial score (nSPS) is 31.3. The lowest BCUT2D eigenvalue weighted by Gasteiger charge is -2.40. The van der Waals surface area contributed by atoms with Crippen molar-refractivity contribution < 1.29 is 9.53 Å². The molecule has 0 spiro atoms. The zero-order valence-corrected chi connectivity index (χ0v) is 10.1. The predicted molar refractivity (Wildman–Crippen MR) is 60.7 cm³/mol. The molecule has 0 aromatic heterocycles. The molecular weight excluding hydrogens is 190 g/mol. The van der Waals surface area contributed by atoms with Crippen molar-refractivity contribution in [2.75, 3.05) is 13.7 Å². The van der Waals surface area contributed by atoms with Crippen molar-refractivity contribution in [1.29, 1.82) is 0 Å². The van der Waals surface area contributed by atoms with Gasteiger partial charge in [0.2, 0.25) is 0 Å². The zero-order chi connectivity index (χ0) is 11.3. The summed E-state index contributed by atoms with van der Waals surface area (Å²) in [6.45, 7) is 5.16. The molecule has 1 rings (SSSR count). The molecule has 2 atom stereocenters. The van der Waals surface area contributed by atoms with E-state index in [4.69, 9.17) is 4.74 Å². The van der Waals surface area contributed by atoms with Gasteiger partial charge in [0.05, 0.1) is 7.11 Å². The van der Waals surface area contributed by atoms with Gasteiger partial charge in [0.15, 0.2) is 0 Å². The highest BCUT2D eigenvalue weighted by atomic mass is 16.5. The molecule has 3 heteroatoms. The van der Waals surface area contributed by atoms with Crippen LogP contribution in [0.15, 0.2) is 0 Å². The van der Waals surface area contributed by atoms with Crippen molar-refractivity contribution >= 4 is 5.97 Å². The van der Waals surface area contributed by atoms with Crippen LogP contribution >= 0.6 is 0 Å². The monoisotopic (exact) mass is 213 g/mol. The Bertz CT molecular complexity index is 218. The van der Waals surface area contributed by atoms with Crippen LogP contribution < -0.4 is 5.32 Å². The summed E-state index contributed by atoms with van der Waals surface area (Å²) in [6, 6.07) is 0. The van der Waals surface area contributed by atoms with Gasteiger partial charge in [-0.25, -0.2) is 0 Å². The van der Waals surface area contributed by atoms with Crippen LogP contribution in [0, 0.1) is 5.92 Å². The van der Waals surface area contributed by atoms with Crippen molar-refractivity contribution in [2.24, 2.45) is 5.92 Å². The molecule has 0 bridgehead atoms. The van der Waals surface area contributed by atoms with Crippen LogP contribution in [0.2, 0.25) is 0 Å². The number of carbonyl (C=O) groups excluding carboxylic acids is 1. The minimum Gasteiger partial charge on any atom is -0.468 e. The summed E-state index contributed by atoms with van der Waals surface area (Å²) < 4.78 is 4.96. The van der Waals surface area contributed by atoms with Crippen LogP contribution in [-0.2, 0) is 9.53 Å². The molecule has 1 saturated carbocycles. The van der Waals surface area contributed by atoms with E-state index in [1.165, 1.54) is 13.5 Å². The van der Waals surface area contributed by atoms with Gasteiger partial charge in [-0.15, -0.1) is 0 Å². The zero-order valence-electron chi connectivity index (χ0n) is 10.1. The third-order valence-corrected chi connectivity index (χ3v) is 3.54. The number of hydrogen-bond acceptors (Lipinski definition) is 3. The Hall–Kier alpha value is -0.570. The first-order valence-electron chi connectivity index (χ1n) is 6.00. The topological polar surface area (TPSA) is 38.3 Å². The lowest BCUT2D eigenvalue weighted by molar-refractivity contribution is -0.152. The standard InChI is InChI=1S/C12H23NO2/c1-4-9-13-12(11(14)15-3)8-6-5-7-10(12)2/h10,13H,4-9H2,1-3H3. The van der Waals surface area contributed by atoms with Gasteiger partial charge in [-0.2, -0.15) is 0 Å². The molecular formula is C12H23NO2. The van der Waals surface area contributed by atoms with Gasteiger partial charge in [0.25, 0.3) is 0 Å². The molecule has 0 heterocycles. The molecule has 2 unspecified atom stereocenters. The van der Waals surface area contributed by atoms with Gasteiger partial charge < -0.3 is 10.1 Å². The maximum absolute atomic E-state index is 11.9. The molecule has 1 aliphatic carbocycles. The Labute approximate surface area is 92.6 Å². The molecule has 1 fully saturated rings. The molecule has 0 aromatic rings. The largest absolute Gasteiger partial charge is 0.468 e. The van der Waals surface area contributed by atoms with Crippen LogP contribution in [0.25, 0.3) is 0 Å². The molecule has 0 amide bonds. The lowest BCUT2D eigenvalue weighted by atomic mass is 9.73. The molecule has 0 radical (unpaired) electrons. The van der Waals surface area contributed by atoms with E-state index in [9.17, 15) is 4.79 Å². The van der Waals surface area contributed by atoms with E-state index >= 15 is 0 Å².